The highest BCUT2D eigenvalue weighted by Gasteiger charge is 2.50. The quantitative estimate of drug-likeness (QED) is 0.903. The van der Waals surface area contributed by atoms with E-state index in [0.29, 0.717) is 11.1 Å². The topological polar surface area (TPSA) is 32.3 Å². The van der Waals surface area contributed by atoms with Gasteiger partial charge in [-0.05, 0) is 54.7 Å². The largest absolute Gasteiger partial charge is 0.344 e. The molecular weight excluding hydrogens is 322 g/mol. The smallest absolute Gasteiger partial charge is 0.242 e. The molecule has 130 valence electrons. The molecule has 2 aliphatic rings. The maximum Gasteiger partial charge on any atom is 0.242 e. The van der Waals surface area contributed by atoms with E-state index in [0.717, 1.165) is 31.4 Å². The van der Waals surface area contributed by atoms with Crippen LogP contribution in [0.3, 0.4) is 0 Å². The highest BCUT2D eigenvalue weighted by Crippen LogP contribution is 2.40. The summed E-state index contributed by atoms with van der Waals surface area (Å²) >= 11 is 0. The van der Waals surface area contributed by atoms with Gasteiger partial charge in [0.1, 0.15) is 17.2 Å². The number of amides is 1. The molecule has 0 bridgehead atoms. The van der Waals surface area contributed by atoms with Crippen molar-refractivity contribution in [2.75, 3.05) is 13.6 Å². The Kier molecular flexibility index (Phi) is 3.84. The van der Waals surface area contributed by atoms with Crippen molar-refractivity contribution in [3.8, 4) is 11.1 Å². The van der Waals surface area contributed by atoms with Crippen LogP contribution in [0.4, 0.5) is 8.78 Å². The third kappa shape index (κ3) is 2.72. The molecule has 0 saturated carbocycles. The summed E-state index contributed by atoms with van der Waals surface area (Å²) in [6.45, 7) is 0.738. The molecule has 2 atom stereocenters. The van der Waals surface area contributed by atoms with E-state index in [2.05, 4.69) is 5.32 Å². The molecule has 0 radical (unpaired) electrons. The Bertz CT molecular complexity index is 838. The number of nitrogens with zero attached hydrogens (tertiary/aromatic N) is 1. The van der Waals surface area contributed by atoms with Crippen molar-refractivity contribution in [3.05, 3.63) is 59.7 Å². The monoisotopic (exact) mass is 342 g/mol. The van der Waals surface area contributed by atoms with Crippen LogP contribution < -0.4 is 5.32 Å². The van der Waals surface area contributed by atoms with Crippen molar-refractivity contribution >= 4 is 5.91 Å². The van der Waals surface area contributed by atoms with E-state index in [1.807, 2.05) is 13.1 Å². The summed E-state index contributed by atoms with van der Waals surface area (Å²) in [4.78, 5) is 14.2. The average Bonchev–Trinajstić information content (AvgIpc) is 3.15. The molecule has 0 aliphatic carbocycles. The van der Waals surface area contributed by atoms with Gasteiger partial charge in [-0.2, -0.15) is 0 Å². The lowest BCUT2D eigenvalue weighted by atomic mass is 9.95. The van der Waals surface area contributed by atoms with Crippen LogP contribution in [0.2, 0.25) is 0 Å². The fourth-order valence-electron chi connectivity index (χ4n) is 4.08. The zero-order chi connectivity index (χ0) is 17.6. The number of benzene rings is 2. The highest BCUT2D eigenvalue weighted by molar-refractivity contribution is 5.88. The van der Waals surface area contributed by atoms with Gasteiger partial charge in [0.25, 0.3) is 0 Å². The first kappa shape index (κ1) is 16.2. The summed E-state index contributed by atoms with van der Waals surface area (Å²) in [5.41, 5.74) is 1.14. The molecule has 1 spiro atoms. The molecule has 25 heavy (non-hydrogen) atoms. The minimum atomic E-state index is -0.524. The Balaban J connectivity index is 1.66. The number of carbonyl (C=O) groups excluding carboxylic acids is 1. The Hall–Kier alpha value is -2.27. The van der Waals surface area contributed by atoms with Crippen molar-refractivity contribution in [3.63, 3.8) is 0 Å². The molecule has 2 aliphatic heterocycles. The fourth-order valence-corrected chi connectivity index (χ4v) is 4.08. The summed E-state index contributed by atoms with van der Waals surface area (Å²) in [7, 11) is 1.81. The molecule has 1 amide bonds. The number of likely N-dealkylation sites (tertiary alicyclic amines) is 1. The molecule has 2 fully saturated rings. The van der Waals surface area contributed by atoms with E-state index in [1.165, 1.54) is 18.2 Å². The van der Waals surface area contributed by atoms with Gasteiger partial charge < -0.3 is 4.90 Å². The minimum absolute atomic E-state index is 0.100. The van der Waals surface area contributed by atoms with Gasteiger partial charge in [0.05, 0.1) is 0 Å². The second-order valence-electron chi connectivity index (χ2n) is 7.05. The van der Waals surface area contributed by atoms with Crippen LogP contribution >= 0.6 is 0 Å². The molecule has 2 heterocycles. The van der Waals surface area contributed by atoms with Gasteiger partial charge in [-0.15, -0.1) is 0 Å². The zero-order valence-electron chi connectivity index (χ0n) is 14.1. The summed E-state index contributed by atoms with van der Waals surface area (Å²) in [5, 5.41) is 3.43. The number of likely N-dealkylation sites (N-methyl/N-ethyl adjacent to an activating group) is 1. The SMILES string of the molecule is CN1CC[C@]2(CC[C@@H](c3cc(F)cc(-c4ccccc4F)c3)N2)C1=O. The first-order valence-corrected chi connectivity index (χ1v) is 8.57. The minimum Gasteiger partial charge on any atom is -0.344 e. The van der Waals surface area contributed by atoms with E-state index < -0.39 is 11.4 Å². The fraction of sp³-hybridized carbons (Fsp3) is 0.350. The maximum atomic E-state index is 14.2. The van der Waals surface area contributed by atoms with Crippen LogP contribution in [0.5, 0.6) is 0 Å². The van der Waals surface area contributed by atoms with Gasteiger partial charge in [0, 0.05) is 25.2 Å². The van der Waals surface area contributed by atoms with Crippen molar-refractivity contribution in [2.24, 2.45) is 0 Å². The number of rotatable bonds is 2. The second-order valence-corrected chi connectivity index (χ2v) is 7.05. The van der Waals surface area contributed by atoms with E-state index >= 15 is 0 Å². The van der Waals surface area contributed by atoms with Gasteiger partial charge in [0.2, 0.25) is 5.91 Å². The summed E-state index contributed by atoms with van der Waals surface area (Å²) in [5.74, 6) is -0.656. The summed E-state index contributed by atoms with van der Waals surface area (Å²) in [6, 6.07) is 10.9. The molecular formula is C20H20F2N2O. The van der Waals surface area contributed by atoms with Crippen molar-refractivity contribution in [2.45, 2.75) is 30.8 Å². The highest BCUT2D eigenvalue weighted by atomic mass is 19.1. The average molecular weight is 342 g/mol. The standard InChI is InChI=1S/C20H20F2N2O/c1-24-9-8-20(19(24)25)7-6-18(23-20)14-10-13(11-15(21)12-14)16-4-2-3-5-17(16)22/h2-5,10-12,18,23H,6-9H2,1H3/t18-,20+/m0/s1. The number of nitrogens with one attached hydrogen (secondary N) is 1. The van der Waals surface area contributed by atoms with Crippen LogP contribution in [-0.4, -0.2) is 29.9 Å². The number of hydrogen-bond acceptors (Lipinski definition) is 2. The summed E-state index contributed by atoms with van der Waals surface area (Å²) in [6.07, 6.45) is 2.28. The first-order valence-electron chi connectivity index (χ1n) is 8.57. The van der Waals surface area contributed by atoms with Crippen LogP contribution in [0.15, 0.2) is 42.5 Å². The van der Waals surface area contributed by atoms with Crippen molar-refractivity contribution in [1.82, 2.24) is 10.2 Å². The van der Waals surface area contributed by atoms with Crippen LogP contribution in [0, 0.1) is 11.6 Å². The molecule has 5 heteroatoms. The van der Waals surface area contributed by atoms with E-state index in [4.69, 9.17) is 0 Å². The number of hydrogen-bond donors (Lipinski definition) is 1. The molecule has 4 rings (SSSR count). The third-order valence-corrected chi connectivity index (χ3v) is 5.45. The van der Waals surface area contributed by atoms with Gasteiger partial charge in [-0.3, -0.25) is 10.1 Å². The predicted octanol–water partition coefficient (Wildman–Crippen LogP) is 3.66. The van der Waals surface area contributed by atoms with Crippen LogP contribution in [-0.2, 0) is 4.79 Å². The van der Waals surface area contributed by atoms with E-state index in [-0.39, 0.29) is 17.8 Å². The van der Waals surface area contributed by atoms with Gasteiger partial charge in [0.15, 0.2) is 0 Å². The predicted molar refractivity (Wildman–Crippen MR) is 91.9 cm³/mol. The first-order chi connectivity index (χ1) is 12.0. The van der Waals surface area contributed by atoms with Crippen LogP contribution in [0.1, 0.15) is 30.9 Å². The normalized spacial score (nSPS) is 26.0. The molecule has 0 aromatic heterocycles. The lowest BCUT2D eigenvalue weighted by Crippen LogP contribution is -2.47. The molecule has 1 N–H and O–H groups in total. The van der Waals surface area contributed by atoms with Crippen molar-refractivity contribution in [1.29, 1.82) is 0 Å². The third-order valence-electron chi connectivity index (χ3n) is 5.45. The maximum absolute atomic E-state index is 14.2. The van der Waals surface area contributed by atoms with Crippen LogP contribution in [0.25, 0.3) is 11.1 Å². The lowest BCUT2D eigenvalue weighted by molar-refractivity contribution is -0.131. The molecule has 2 saturated heterocycles. The molecule has 0 unspecified atom stereocenters. The number of halogens is 2. The Morgan fingerprint density at radius 2 is 1.96 bits per heavy atom. The Morgan fingerprint density at radius 3 is 2.68 bits per heavy atom. The number of carbonyl (C=O) groups is 1. The molecule has 3 nitrogen and oxygen atoms in total. The van der Waals surface area contributed by atoms with Crippen molar-refractivity contribution < 1.29 is 13.6 Å². The molecule has 2 aromatic carbocycles. The van der Waals surface area contributed by atoms with Gasteiger partial charge in [-0.25, -0.2) is 8.78 Å². The lowest BCUT2D eigenvalue weighted by Gasteiger charge is -2.23. The zero-order valence-corrected chi connectivity index (χ0v) is 14.1. The Labute approximate surface area is 145 Å². The molecule has 2 aromatic rings. The Morgan fingerprint density at radius 1 is 1.16 bits per heavy atom. The van der Waals surface area contributed by atoms with E-state index in [9.17, 15) is 13.6 Å². The van der Waals surface area contributed by atoms with E-state index in [1.54, 1.807) is 23.1 Å². The second kappa shape index (κ2) is 5.92. The van der Waals surface area contributed by atoms with Gasteiger partial charge in [-0.1, -0.05) is 18.2 Å². The summed E-state index contributed by atoms with van der Waals surface area (Å²) < 4.78 is 28.2. The van der Waals surface area contributed by atoms with Gasteiger partial charge >= 0.3 is 0 Å².